The van der Waals surface area contributed by atoms with E-state index in [1.165, 1.54) is 24.3 Å². The minimum atomic E-state index is -0.797. The number of ether oxygens (including phenoxy) is 1. The van der Waals surface area contributed by atoms with Crippen LogP contribution in [-0.2, 0) is 11.3 Å². The molecular formula is C19H21FN2O4. The molecule has 1 fully saturated rings. The van der Waals surface area contributed by atoms with Crippen LogP contribution in [0.4, 0.5) is 4.39 Å². The predicted octanol–water partition coefficient (Wildman–Crippen LogP) is 1.18. The molecule has 1 aliphatic heterocycles. The molecule has 0 aromatic heterocycles. The van der Waals surface area contributed by atoms with E-state index in [1.54, 1.807) is 18.2 Å². The maximum Gasteiger partial charge on any atom is 0.251 e. The Kier molecular flexibility index (Phi) is 5.82. The van der Waals surface area contributed by atoms with E-state index in [1.807, 2.05) is 6.07 Å². The van der Waals surface area contributed by atoms with Crippen LogP contribution in [0.15, 0.2) is 48.5 Å². The number of amides is 1. The summed E-state index contributed by atoms with van der Waals surface area (Å²) >= 11 is 0. The molecular weight excluding hydrogens is 339 g/mol. The summed E-state index contributed by atoms with van der Waals surface area (Å²) in [5.74, 6) is -0.572. The number of benzene rings is 2. The number of aromatic hydroxyl groups is 1. The highest BCUT2D eigenvalue weighted by Crippen LogP contribution is 2.18. The maximum absolute atomic E-state index is 12.9. The van der Waals surface area contributed by atoms with Crippen LogP contribution in [0.2, 0.25) is 0 Å². The zero-order valence-corrected chi connectivity index (χ0v) is 14.1. The van der Waals surface area contributed by atoms with Crippen molar-refractivity contribution in [1.82, 2.24) is 10.6 Å². The maximum atomic E-state index is 12.9. The van der Waals surface area contributed by atoms with Gasteiger partial charge in [-0.25, -0.2) is 4.39 Å². The summed E-state index contributed by atoms with van der Waals surface area (Å²) in [7, 11) is 0. The van der Waals surface area contributed by atoms with Crippen LogP contribution < -0.4 is 10.6 Å². The molecule has 1 aliphatic rings. The van der Waals surface area contributed by atoms with Crippen molar-refractivity contribution in [3.8, 4) is 5.75 Å². The number of para-hydroxylation sites is 1. The van der Waals surface area contributed by atoms with Crippen molar-refractivity contribution in [2.45, 2.75) is 24.8 Å². The lowest BCUT2D eigenvalue weighted by atomic mass is 10.1. The first-order chi connectivity index (χ1) is 12.5. The Balaban J connectivity index is 1.48. The Hall–Kier alpha value is -2.48. The largest absolute Gasteiger partial charge is 0.508 e. The van der Waals surface area contributed by atoms with Crippen LogP contribution in [0, 0.1) is 5.82 Å². The van der Waals surface area contributed by atoms with Gasteiger partial charge >= 0.3 is 0 Å². The first kappa shape index (κ1) is 18.3. The third-order valence-electron chi connectivity index (χ3n) is 4.40. The van der Waals surface area contributed by atoms with E-state index in [9.17, 15) is 19.4 Å². The SMILES string of the molecule is O=C(NCC1OCC(NCc2ccccc2O)C1O)c1ccc(F)cc1. The minimum absolute atomic E-state index is 0.145. The second-order valence-electron chi connectivity index (χ2n) is 6.20. The van der Waals surface area contributed by atoms with Crippen molar-refractivity contribution in [1.29, 1.82) is 0 Å². The molecule has 3 unspecified atom stereocenters. The van der Waals surface area contributed by atoms with Gasteiger partial charge < -0.3 is 25.6 Å². The molecule has 0 radical (unpaired) electrons. The van der Waals surface area contributed by atoms with Gasteiger partial charge in [0.05, 0.1) is 18.8 Å². The lowest BCUT2D eigenvalue weighted by molar-refractivity contribution is 0.0398. The molecule has 7 heteroatoms. The van der Waals surface area contributed by atoms with E-state index in [0.717, 1.165) is 5.56 Å². The van der Waals surface area contributed by atoms with Crippen molar-refractivity contribution < 1.29 is 24.1 Å². The van der Waals surface area contributed by atoms with E-state index in [2.05, 4.69) is 10.6 Å². The summed E-state index contributed by atoms with van der Waals surface area (Å²) in [6.45, 7) is 0.838. The number of rotatable bonds is 6. The van der Waals surface area contributed by atoms with Crippen molar-refractivity contribution in [3.63, 3.8) is 0 Å². The zero-order chi connectivity index (χ0) is 18.5. The molecule has 26 heavy (non-hydrogen) atoms. The summed E-state index contributed by atoms with van der Waals surface area (Å²) < 4.78 is 18.4. The molecule has 1 heterocycles. The van der Waals surface area contributed by atoms with Crippen LogP contribution in [0.3, 0.4) is 0 Å². The third-order valence-corrected chi connectivity index (χ3v) is 4.40. The van der Waals surface area contributed by atoms with Gasteiger partial charge in [-0.3, -0.25) is 4.79 Å². The molecule has 3 atom stereocenters. The lowest BCUT2D eigenvalue weighted by Crippen LogP contribution is -2.44. The van der Waals surface area contributed by atoms with E-state index >= 15 is 0 Å². The molecule has 6 nitrogen and oxygen atoms in total. The molecule has 0 bridgehead atoms. The Labute approximate surface area is 150 Å². The number of phenolic OH excluding ortho intramolecular Hbond substituents is 1. The Morgan fingerprint density at radius 3 is 2.65 bits per heavy atom. The van der Waals surface area contributed by atoms with E-state index in [4.69, 9.17) is 4.74 Å². The average Bonchev–Trinajstić information content (AvgIpc) is 2.99. The van der Waals surface area contributed by atoms with E-state index in [0.29, 0.717) is 18.7 Å². The summed E-state index contributed by atoms with van der Waals surface area (Å²) in [4.78, 5) is 12.0. The fraction of sp³-hybridized carbons (Fsp3) is 0.316. The van der Waals surface area contributed by atoms with Crippen LogP contribution in [0.5, 0.6) is 5.75 Å². The summed E-state index contributed by atoms with van der Waals surface area (Å²) in [5.41, 5.74) is 1.07. The number of aliphatic hydroxyl groups excluding tert-OH is 1. The van der Waals surface area contributed by atoms with Gasteiger partial charge in [0.1, 0.15) is 17.7 Å². The number of phenols is 1. The van der Waals surface area contributed by atoms with Crippen LogP contribution in [0.25, 0.3) is 0 Å². The highest BCUT2D eigenvalue weighted by Gasteiger charge is 2.35. The number of halogens is 1. The Bertz CT molecular complexity index is 753. The summed E-state index contributed by atoms with van der Waals surface area (Å²) in [5, 5.41) is 26.0. The molecule has 138 valence electrons. The lowest BCUT2D eigenvalue weighted by Gasteiger charge is -2.19. The van der Waals surface area contributed by atoms with E-state index < -0.39 is 18.0 Å². The first-order valence-corrected chi connectivity index (χ1v) is 8.38. The molecule has 0 spiro atoms. The van der Waals surface area contributed by atoms with Gasteiger partial charge in [0, 0.05) is 24.2 Å². The number of nitrogens with one attached hydrogen (secondary N) is 2. The standard InChI is InChI=1S/C19H21FN2O4/c20-14-7-5-12(6-8-14)19(25)22-10-17-18(24)15(11-26-17)21-9-13-3-1-2-4-16(13)23/h1-8,15,17-18,21,23-24H,9-11H2,(H,22,25). The molecule has 0 saturated carbocycles. The fourth-order valence-corrected chi connectivity index (χ4v) is 2.84. The van der Waals surface area contributed by atoms with Gasteiger partial charge in [-0.15, -0.1) is 0 Å². The Morgan fingerprint density at radius 2 is 1.92 bits per heavy atom. The molecule has 0 aliphatic carbocycles. The van der Waals surface area contributed by atoms with Gasteiger partial charge in [-0.1, -0.05) is 18.2 Å². The summed E-state index contributed by atoms with van der Waals surface area (Å²) in [6, 6.07) is 11.9. The van der Waals surface area contributed by atoms with Crippen LogP contribution >= 0.6 is 0 Å². The minimum Gasteiger partial charge on any atom is -0.508 e. The van der Waals surface area contributed by atoms with Crippen molar-refractivity contribution in [2.75, 3.05) is 13.2 Å². The summed E-state index contributed by atoms with van der Waals surface area (Å²) in [6.07, 6.45) is -1.34. The predicted molar refractivity (Wildman–Crippen MR) is 93.2 cm³/mol. The highest BCUT2D eigenvalue weighted by atomic mass is 19.1. The number of hydrogen-bond acceptors (Lipinski definition) is 5. The monoisotopic (exact) mass is 360 g/mol. The average molecular weight is 360 g/mol. The zero-order valence-electron chi connectivity index (χ0n) is 14.1. The van der Waals surface area contributed by atoms with Crippen LogP contribution in [-0.4, -0.2) is 47.5 Å². The molecule has 1 saturated heterocycles. The second-order valence-corrected chi connectivity index (χ2v) is 6.20. The highest BCUT2D eigenvalue weighted by molar-refractivity contribution is 5.94. The molecule has 3 rings (SSSR count). The number of hydrogen-bond donors (Lipinski definition) is 4. The number of carbonyl (C=O) groups is 1. The number of carbonyl (C=O) groups excluding carboxylic acids is 1. The molecule has 2 aromatic rings. The van der Waals surface area contributed by atoms with Gasteiger partial charge in [-0.05, 0) is 30.3 Å². The quantitative estimate of drug-likeness (QED) is 0.621. The number of aliphatic hydroxyl groups is 1. The third kappa shape index (κ3) is 4.37. The van der Waals surface area contributed by atoms with Gasteiger partial charge in [0.2, 0.25) is 0 Å². The molecule has 2 aromatic carbocycles. The first-order valence-electron chi connectivity index (χ1n) is 8.38. The van der Waals surface area contributed by atoms with Crippen molar-refractivity contribution in [2.24, 2.45) is 0 Å². The van der Waals surface area contributed by atoms with Gasteiger partial charge in [-0.2, -0.15) is 0 Å². The van der Waals surface area contributed by atoms with Crippen LogP contribution in [0.1, 0.15) is 15.9 Å². The van der Waals surface area contributed by atoms with Gasteiger partial charge in [0.15, 0.2) is 0 Å². The topological polar surface area (TPSA) is 90.8 Å². The second kappa shape index (κ2) is 8.27. The van der Waals surface area contributed by atoms with Gasteiger partial charge in [0.25, 0.3) is 5.91 Å². The normalized spacial score (nSPS) is 22.3. The molecule has 1 amide bonds. The van der Waals surface area contributed by atoms with Crippen molar-refractivity contribution >= 4 is 5.91 Å². The Morgan fingerprint density at radius 1 is 1.19 bits per heavy atom. The van der Waals surface area contributed by atoms with E-state index in [-0.39, 0.29) is 24.2 Å². The molecule has 4 N–H and O–H groups in total. The van der Waals surface area contributed by atoms with Crippen molar-refractivity contribution in [3.05, 3.63) is 65.5 Å². The smallest absolute Gasteiger partial charge is 0.251 e. The fourth-order valence-electron chi connectivity index (χ4n) is 2.84.